The molecule has 0 spiro atoms. The van der Waals surface area contributed by atoms with Crippen molar-refractivity contribution < 1.29 is 29.0 Å². The van der Waals surface area contributed by atoms with E-state index in [0.717, 1.165) is 5.56 Å². The molecule has 8 heteroatoms. The van der Waals surface area contributed by atoms with Crippen LogP contribution in [0.5, 0.6) is 11.5 Å². The number of fused-ring (bicyclic) bond motifs is 1. The minimum absolute atomic E-state index is 0.0716. The average Bonchev–Trinajstić information content (AvgIpc) is 2.71. The van der Waals surface area contributed by atoms with Gasteiger partial charge in [-0.15, -0.1) is 0 Å². The van der Waals surface area contributed by atoms with Gasteiger partial charge in [-0.1, -0.05) is 24.3 Å². The van der Waals surface area contributed by atoms with Crippen LogP contribution in [-0.2, 0) is 16.0 Å². The highest BCUT2D eigenvalue weighted by atomic mass is 16.5. The van der Waals surface area contributed by atoms with E-state index >= 15 is 0 Å². The van der Waals surface area contributed by atoms with E-state index in [-0.39, 0.29) is 30.2 Å². The number of carbonyl (C=O) groups is 3. The maximum Gasteiger partial charge on any atom is 0.308 e. The molecule has 1 aliphatic heterocycles. The van der Waals surface area contributed by atoms with Crippen molar-refractivity contribution in [2.45, 2.75) is 19.4 Å². The first-order chi connectivity index (χ1) is 13.9. The number of ether oxygens (including phenoxy) is 2. The van der Waals surface area contributed by atoms with Gasteiger partial charge in [-0.2, -0.15) is 0 Å². The fraction of sp³-hybridized carbons (Fsp3) is 0.286. The number of para-hydroxylation sites is 2. The Morgan fingerprint density at radius 1 is 1.24 bits per heavy atom. The Balaban J connectivity index is 1.73. The minimum Gasteiger partial charge on any atom is -0.496 e. The molecule has 0 aliphatic carbocycles. The van der Waals surface area contributed by atoms with E-state index < -0.39 is 23.9 Å². The van der Waals surface area contributed by atoms with Crippen molar-refractivity contribution in [1.29, 1.82) is 0 Å². The molecule has 1 heterocycles. The van der Waals surface area contributed by atoms with Gasteiger partial charge in [0.05, 0.1) is 24.3 Å². The molecule has 0 bridgehead atoms. The molecule has 2 aromatic carbocycles. The van der Waals surface area contributed by atoms with Crippen molar-refractivity contribution in [2.75, 3.05) is 19.0 Å². The van der Waals surface area contributed by atoms with E-state index in [4.69, 9.17) is 9.47 Å². The molecule has 0 radical (unpaired) electrons. The van der Waals surface area contributed by atoms with Gasteiger partial charge in [0, 0.05) is 6.54 Å². The summed E-state index contributed by atoms with van der Waals surface area (Å²) in [7, 11) is 1.52. The first-order valence-corrected chi connectivity index (χ1v) is 9.14. The van der Waals surface area contributed by atoms with Gasteiger partial charge in [0.15, 0.2) is 11.9 Å². The fourth-order valence-electron chi connectivity index (χ4n) is 3.10. The number of hydrogen-bond donors (Lipinski definition) is 3. The number of carboxylic acids is 1. The second kappa shape index (κ2) is 8.64. The molecule has 1 aliphatic rings. The smallest absolute Gasteiger partial charge is 0.308 e. The minimum atomic E-state index is -1.02. The molecule has 2 amide bonds. The number of benzene rings is 2. The molecule has 8 nitrogen and oxygen atoms in total. The third kappa shape index (κ3) is 4.48. The molecule has 29 heavy (non-hydrogen) atoms. The maximum atomic E-state index is 12.7. The van der Waals surface area contributed by atoms with Gasteiger partial charge in [0.1, 0.15) is 5.75 Å². The standard InChI is InChI=1S/C21H22N2O6/c1-12-19(24)23-16-8-5-7-15(18(16)29-12)20(25)22-11-14(21(26)27)10-13-6-3-4-9-17(13)28-2/h3-9,12,14H,10-11H2,1-2H3,(H,22,25)(H,23,24)(H,26,27). The molecular formula is C21H22N2O6. The molecular weight excluding hydrogens is 376 g/mol. The summed E-state index contributed by atoms with van der Waals surface area (Å²) in [5.74, 6) is -1.76. The van der Waals surface area contributed by atoms with Crippen LogP contribution in [-0.4, -0.2) is 42.6 Å². The second-order valence-corrected chi connectivity index (χ2v) is 6.69. The number of nitrogens with one attached hydrogen (secondary N) is 2. The largest absolute Gasteiger partial charge is 0.496 e. The monoisotopic (exact) mass is 398 g/mol. The second-order valence-electron chi connectivity index (χ2n) is 6.69. The summed E-state index contributed by atoms with van der Waals surface area (Å²) in [6.45, 7) is 1.51. The highest BCUT2D eigenvalue weighted by Crippen LogP contribution is 2.33. The van der Waals surface area contributed by atoms with Crippen LogP contribution in [0.4, 0.5) is 5.69 Å². The highest BCUT2D eigenvalue weighted by Gasteiger charge is 2.28. The van der Waals surface area contributed by atoms with Crippen LogP contribution < -0.4 is 20.1 Å². The predicted molar refractivity (Wildman–Crippen MR) is 105 cm³/mol. The third-order valence-electron chi connectivity index (χ3n) is 4.70. The van der Waals surface area contributed by atoms with Crippen LogP contribution in [0.1, 0.15) is 22.8 Å². The molecule has 2 aromatic rings. The number of rotatable bonds is 7. The number of carbonyl (C=O) groups excluding carboxylic acids is 2. The lowest BCUT2D eigenvalue weighted by Gasteiger charge is -2.25. The number of hydrogen-bond acceptors (Lipinski definition) is 5. The lowest BCUT2D eigenvalue weighted by molar-refractivity contribution is -0.141. The Labute approximate surface area is 167 Å². The van der Waals surface area contributed by atoms with Gasteiger partial charge in [0.2, 0.25) is 0 Å². The van der Waals surface area contributed by atoms with Gasteiger partial charge < -0.3 is 25.2 Å². The van der Waals surface area contributed by atoms with Crippen LogP contribution in [0.25, 0.3) is 0 Å². The number of carboxylic acid groups (broad SMARTS) is 1. The van der Waals surface area contributed by atoms with Crippen molar-refractivity contribution in [2.24, 2.45) is 5.92 Å². The first-order valence-electron chi connectivity index (χ1n) is 9.14. The van der Waals surface area contributed by atoms with Crippen molar-refractivity contribution >= 4 is 23.5 Å². The molecule has 0 saturated heterocycles. The van der Waals surface area contributed by atoms with E-state index in [1.165, 1.54) is 7.11 Å². The lowest BCUT2D eigenvalue weighted by atomic mass is 9.98. The lowest BCUT2D eigenvalue weighted by Crippen LogP contribution is -2.37. The highest BCUT2D eigenvalue weighted by molar-refractivity contribution is 6.04. The number of anilines is 1. The summed E-state index contributed by atoms with van der Waals surface area (Å²) >= 11 is 0. The van der Waals surface area contributed by atoms with Crippen molar-refractivity contribution in [1.82, 2.24) is 5.32 Å². The topological polar surface area (TPSA) is 114 Å². The van der Waals surface area contributed by atoms with Crippen LogP contribution in [0, 0.1) is 5.92 Å². The molecule has 3 rings (SSSR count). The van der Waals surface area contributed by atoms with Gasteiger partial charge in [-0.25, -0.2) is 0 Å². The summed E-state index contributed by atoms with van der Waals surface area (Å²) in [4.78, 5) is 36.1. The normalized spacial score (nSPS) is 16.1. The molecule has 152 valence electrons. The summed E-state index contributed by atoms with van der Waals surface area (Å²) in [5.41, 5.74) is 1.38. The zero-order valence-corrected chi connectivity index (χ0v) is 16.1. The van der Waals surface area contributed by atoms with E-state index in [2.05, 4.69) is 10.6 Å². The van der Waals surface area contributed by atoms with Crippen molar-refractivity contribution in [3.63, 3.8) is 0 Å². The summed E-state index contributed by atoms with van der Waals surface area (Å²) in [5, 5.41) is 14.9. The molecule has 3 N–H and O–H groups in total. The predicted octanol–water partition coefficient (Wildman–Crippen LogP) is 2.09. The van der Waals surface area contributed by atoms with Gasteiger partial charge in [-0.3, -0.25) is 14.4 Å². The van der Waals surface area contributed by atoms with E-state index in [0.29, 0.717) is 11.4 Å². The van der Waals surface area contributed by atoms with E-state index in [9.17, 15) is 19.5 Å². The van der Waals surface area contributed by atoms with E-state index in [1.54, 1.807) is 49.4 Å². The van der Waals surface area contributed by atoms with Gasteiger partial charge >= 0.3 is 5.97 Å². The molecule has 2 atom stereocenters. The van der Waals surface area contributed by atoms with Gasteiger partial charge in [-0.05, 0) is 37.1 Å². The number of methoxy groups -OCH3 is 1. The Morgan fingerprint density at radius 3 is 2.72 bits per heavy atom. The fourth-order valence-corrected chi connectivity index (χ4v) is 3.10. The van der Waals surface area contributed by atoms with Crippen molar-refractivity contribution in [3.8, 4) is 11.5 Å². The molecule has 2 unspecified atom stereocenters. The van der Waals surface area contributed by atoms with Gasteiger partial charge in [0.25, 0.3) is 11.8 Å². The zero-order chi connectivity index (χ0) is 21.0. The van der Waals surface area contributed by atoms with Crippen LogP contribution in [0.3, 0.4) is 0 Å². The SMILES string of the molecule is COc1ccccc1CC(CNC(=O)c1cccc2c1OC(C)C(=O)N2)C(=O)O. The number of amides is 2. The molecule has 0 fully saturated rings. The maximum absolute atomic E-state index is 12.7. The van der Waals surface area contributed by atoms with E-state index in [1.807, 2.05) is 0 Å². The van der Waals surface area contributed by atoms with Crippen LogP contribution in [0.2, 0.25) is 0 Å². The Morgan fingerprint density at radius 2 is 2.00 bits per heavy atom. The summed E-state index contributed by atoms with van der Waals surface area (Å²) in [6, 6.07) is 12.0. The molecule has 0 aromatic heterocycles. The summed E-state index contributed by atoms with van der Waals surface area (Å²) in [6.07, 6.45) is -0.524. The third-order valence-corrected chi connectivity index (χ3v) is 4.70. The Bertz CT molecular complexity index is 943. The Hall–Kier alpha value is -3.55. The first kappa shape index (κ1) is 20.2. The van der Waals surface area contributed by atoms with Crippen LogP contribution in [0.15, 0.2) is 42.5 Å². The Kier molecular flexibility index (Phi) is 6.01. The quantitative estimate of drug-likeness (QED) is 0.658. The summed E-state index contributed by atoms with van der Waals surface area (Å²) < 4.78 is 10.8. The average molecular weight is 398 g/mol. The van der Waals surface area contributed by atoms with Crippen molar-refractivity contribution in [3.05, 3.63) is 53.6 Å². The molecule has 0 saturated carbocycles. The zero-order valence-electron chi connectivity index (χ0n) is 16.1. The van der Waals surface area contributed by atoms with Crippen LogP contribution >= 0.6 is 0 Å². The number of aliphatic carboxylic acids is 1.